The van der Waals surface area contributed by atoms with Crippen LogP contribution in [-0.2, 0) is 25.6 Å². The lowest BCUT2D eigenvalue weighted by atomic mass is 9.52. The highest BCUT2D eigenvalue weighted by Crippen LogP contribution is 2.50. The molecule has 2 unspecified atom stereocenters. The van der Waals surface area contributed by atoms with Crippen molar-refractivity contribution in [3.63, 3.8) is 0 Å². The topological polar surface area (TPSA) is 167 Å². The molecule has 206 valence electrons. The Balaban J connectivity index is 1.59. The number of benzene rings is 2. The van der Waals surface area contributed by atoms with Crippen LogP contribution in [-0.4, -0.2) is 76.9 Å². The molecule has 0 aliphatic heterocycles. The molecule has 0 spiro atoms. The van der Waals surface area contributed by atoms with E-state index in [4.69, 9.17) is 5.73 Å². The van der Waals surface area contributed by atoms with Crippen LogP contribution in [0.4, 0.5) is 5.69 Å². The van der Waals surface area contributed by atoms with Gasteiger partial charge < -0.3 is 21.3 Å². The van der Waals surface area contributed by atoms with Crippen molar-refractivity contribution in [3.8, 4) is 17.6 Å². The fraction of sp³-hybridized carbons (Fsp3) is 0.367. The zero-order chi connectivity index (χ0) is 29.1. The lowest BCUT2D eigenvalue weighted by molar-refractivity contribution is -0.181. The molecule has 0 saturated heterocycles. The third-order valence-corrected chi connectivity index (χ3v) is 8.46. The SMILES string of the molecule is CNc1ccc(C#Cc2ccc(O)c3c2C[C@@H]2C[C@@H]4[C@@H](N(C)C)C(=O)C(C(N)=O)C(=O)[C@]4(O)C(=O)C2C3=O)cc1. The molecule has 0 radical (unpaired) electrons. The highest BCUT2D eigenvalue weighted by atomic mass is 16.3. The predicted octanol–water partition coefficient (Wildman–Crippen LogP) is 0.309. The lowest BCUT2D eigenvalue weighted by Crippen LogP contribution is -2.74. The molecule has 10 heteroatoms. The number of nitrogens with zero attached hydrogens (tertiary/aromatic N) is 1. The van der Waals surface area contributed by atoms with Crippen LogP contribution < -0.4 is 11.1 Å². The molecular weight excluding hydrogens is 514 g/mol. The van der Waals surface area contributed by atoms with E-state index in [0.717, 1.165) is 11.3 Å². The van der Waals surface area contributed by atoms with E-state index >= 15 is 0 Å². The van der Waals surface area contributed by atoms with E-state index in [2.05, 4.69) is 17.2 Å². The summed E-state index contributed by atoms with van der Waals surface area (Å²) in [4.78, 5) is 67.7. The van der Waals surface area contributed by atoms with Gasteiger partial charge in [-0.25, -0.2) is 0 Å². The molecule has 5 rings (SSSR count). The molecule has 0 aromatic heterocycles. The first-order chi connectivity index (χ1) is 18.9. The van der Waals surface area contributed by atoms with Gasteiger partial charge in [-0.3, -0.25) is 28.9 Å². The molecule has 3 aliphatic carbocycles. The normalized spacial score (nSPS) is 29.2. The van der Waals surface area contributed by atoms with Gasteiger partial charge in [-0.2, -0.15) is 0 Å². The molecule has 5 N–H and O–H groups in total. The number of aromatic hydroxyl groups is 1. The number of phenols is 1. The number of hydrogen-bond donors (Lipinski definition) is 4. The number of ketones is 4. The van der Waals surface area contributed by atoms with E-state index in [0.29, 0.717) is 11.1 Å². The summed E-state index contributed by atoms with van der Waals surface area (Å²) in [6, 6.07) is 9.20. The summed E-state index contributed by atoms with van der Waals surface area (Å²) in [7, 11) is 4.90. The summed E-state index contributed by atoms with van der Waals surface area (Å²) in [5.41, 5.74) is 5.13. The van der Waals surface area contributed by atoms with Crippen molar-refractivity contribution in [3.05, 3.63) is 58.7 Å². The molecule has 10 nitrogen and oxygen atoms in total. The van der Waals surface area contributed by atoms with Gasteiger partial charge in [0.15, 0.2) is 34.7 Å². The van der Waals surface area contributed by atoms with Crippen LogP contribution in [0.5, 0.6) is 5.75 Å². The Labute approximate surface area is 230 Å². The number of rotatable bonds is 3. The van der Waals surface area contributed by atoms with E-state index in [1.807, 2.05) is 24.3 Å². The summed E-state index contributed by atoms with van der Waals surface area (Å²) in [6.45, 7) is 0. The number of fused-ring (bicyclic) bond motifs is 3. The van der Waals surface area contributed by atoms with Crippen molar-refractivity contribution >= 4 is 34.7 Å². The van der Waals surface area contributed by atoms with Crippen LogP contribution in [0, 0.1) is 35.5 Å². The van der Waals surface area contributed by atoms with Crippen LogP contribution in [0.25, 0.3) is 0 Å². The Morgan fingerprint density at radius 1 is 1.05 bits per heavy atom. The first-order valence-corrected chi connectivity index (χ1v) is 12.9. The van der Waals surface area contributed by atoms with E-state index in [1.165, 1.54) is 11.0 Å². The Kier molecular flexibility index (Phi) is 6.60. The Morgan fingerprint density at radius 3 is 2.33 bits per heavy atom. The second kappa shape index (κ2) is 9.70. The molecule has 2 saturated carbocycles. The van der Waals surface area contributed by atoms with Crippen molar-refractivity contribution in [1.82, 2.24) is 4.90 Å². The van der Waals surface area contributed by atoms with Gasteiger partial charge >= 0.3 is 0 Å². The van der Waals surface area contributed by atoms with Gasteiger partial charge in [-0.15, -0.1) is 0 Å². The number of Topliss-reactive ketones (excluding diaryl/α,β-unsaturated/α-hetero) is 4. The number of anilines is 1. The number of nitrogens with two attached hydrogens (primary N) is 1. The average molecular weight is 544 g/mol. The van der Waals surface area contributed by atoms with Gasteiger partial charge in [0.25, 0.3) is 0 Å². The minimum atomic E-state index is -2.75. The number of aliphatic hydroxyl groups is 1. The molecule has 3 aliphatic rings. The summed E-state index contributed by atoms with van der Waals surface area (Å²) in [6.07, 6.45) is 0.140. The van der Waals surface area contributed by atoms with Crippen LogP contribution in [0.1, 0.15) is 33.5 Å². The Morgan fingerprint density at radius 2 is 1.73 bits per heavy atom. The first-order valence-electron chi connectivity index (χ1n) is 12.9. The zero-order valence-corrected chi connectivity index (χ0v) is 22.2. The molecule has 2 aromatic carbocycles. The average Bonchev–Trinajstić information content (AvgIpc) is 2.90. The van der Waals surface area contributed by atoms with Crippen molar-refractivity contribution in [2.45, 2.75) is 24.5 Å². The quantitative estimate of drug-likeness (QED) is 0.315. The summed E-state index contributed by atoms with van der Waals surface area (Å²) >= 11 is 0. The number of primary amides is 1. The number of carbonyl (C=O) groups excluding carboxylic acids is 5. The predicted molar refractivity (Wildman–Crippen MR) is 143 cm³/mol. The summed E-state index contributed by atoms with van der Waals surface area (Å²) in [5.74, 6) is -4.62. The van der Waals surface area contributed by atoms with Gasteiger partial charge in [0, 0.05) is 29.8 Å². The molecule has 0 bridgehead atoms. The minimum Gasteiger partial charge on any atom is -0.507 e. The molecule has 2 fully saturated rings. The molecule has 0 heterocycles. The van der Waals surface area contributed by atoms with Gasteiger partial charge in [0.1, 0.15) is 5.75 Å². The van der Waals surface area contributed by atoms with Crippen LogP contribution in [0.15, 0.2) is 36.4 Å². The number of phenolic OH excluding ortho intramolecular Hbond substituents is 1. The molecule has 6 atom stereocenters. The van der Waals surface area contributed by atoms with Crippen LogP contribution in [0.2, 0.25) is 0 Å². The number of carbonyl (C=O) groups is 5. The zero-order valence-electron chi connectivity index (χ0n) is 22.2. The monoisotopic (exact) mass is 543 g/mol. The van der Waals surface area contributed by atoms with Gasteiger partial charge in [-0.1, -0.05) is 11.8 Å². The fourth-order valence-corrected chi connectivity index (χ4v) is 6.58. The van der Waals surface area contributed by atoms with E-state index in [-0.39, 0.29) is 24.2 Å². The third-order valence-electron chi connectivity index (χ3n) is 8.46. The van der Waals surface area contributed by atoms with Crippen LogP contribution >= 0.6 is 0 Å². The lowest BCUT2D eigenvalue weighted by Gasteiger charge is -2.52. The highest BCUT2D eigenvalue weighted by molar-refractivity contribution is 6.32. The molecular formula is C30H29N3O7. The summed E-state index contributed by atoms with van der Waals surface area (Å²) < 4.78 is 0. The second-order valence-electron chi connectivity index (χ2n) is 10.9. The Hall–Kier alpha value is -4.33. The maximum atomic E-state index is 13.9. The van der Waals surface area contributed by atoms with Gasteiger partial charge in [0.2, 0.25) is 5.91 Å². The smallest absolute Gasteiger partial charge is 0.235 e. The molecule has 2 aromatic rings. The highest BCUT2D eigenvalue weighted by Gasteiger charge is 2.69. The number of amides is 1. The molecule has 40 heavy (non-hydrogen) atoms. The number of hydrogen-bond acceptors (Lipinski definition) is 9. The standard InChI is InChI=1S/C30H29N3O7/c1-32-17-9-5-14(6-10-17)4-7-15-8-11-20(34)22-18(15)12-16-13-19-24(33(2)3)26(36)23(29(31)39)28(38)30(19,40)27(37)21(16)25(22)35/h5-6,8-11,16,19,21,23-24,32,34,40H,12-13H2,1-3H3,(H2,31,39)/t16-,19-,21?,23?,24-,30-/m1/s1. The first kappa shape index (κ1) is 27.2. The maximum Gasteiger partial charge on any atom is 0.235 e. The van der Waals surface area contributed by atoms with E-state index in [1.54, 1.807) is 27.2 Å². The number of nitrogens with one attached hydrogen (secondary N) is 1. The van der Waals surface area contributed by atoms with Crippen molar-refractivity contribution in [2.75, 3.05) is 26.5 Å². The van der Waals surface area contributed by atoms with Gasteiger partial charge in [0.05, 0.1) is 17.5 Å². The number of likely N-dealkylation sites (N-methyl/N-ethyl adjacent to an activating group) is 1. The van der Waals surface area contributed by atoms with Gasteiger partial charge in [-0.05, 0) is 74.8 Å². The van der Waals surface area contributed by atoms with E-state index < -0.39 is 64.4 Å². The van der Waals surface area contributed by atoms with E-state index in [9.17, 15) is 34.2 Å². The third kappa shape index (κ3) is 3.93. The summed E-state index contributed by atoms with van der Waals surface area (Å²) in [5, 5.41) is 25.3. The fourth-order valence-electron chi connectivity index (χ4n) is 6.58. The van der Waals surface area contributed by atoms with Crippen molar-refractivity contribution in [1.29, 1.82) is 0 Å². The minimum absolute atomic E-state index is 0.0160. The second-order valence-corrected chi connectivity index (χ2v) is 10.9. The molecule has 1 amide bonds. The Bertz CT molecular complexity index is 1530. The van der Waals surface area contributed by atoms with Crippen LogP contribution in [0.3, 0.4) is 0 Å². The maximum absolute atomic E-state index is 13.9. The van der Waals surface area contributed by atoms with Crippen molar-refractivity contribution < 1.29 is 34.2 Å². The largest absolute Gasteiger partial charge is 0.507 e. The van der Waals surface area contributed by atoms with Crippen molar-refractivity contribution in [2.24, 2.45) is 29.4 Å².